The minimum atomic E-state index is -0.187. The summed E-state index contributed by atoms with van der Waals surface area (Å²) in [5.41, 5.74) is 9.31. The Kier molecular flexibility index (Phi) is 6.35. The zero-order chi connectivity index (χ0) is 28.8. The normalized spacial score (nSPS) is 16.3. The van der Waals surface area contributed by atoms with E-state index in [1.807, 2.05) is 48.0 Å². The predicted molar refractivity (Wildman–Crippen MR) is 170 cm³/mol. The van der Waals surface area contributed by atoms with Crippen LogP contribution in [0.1, 0.15) is 40.9 Å². The maximum Gasteiger partial charge on any atom is 0.179 e. The van der Waals surface area contributed by atoms with Crippen molar-refractivity contribution in [2.24, 2.45) is 9.98 Å². The molecule has 2 aliphatic rings. The predicted octanol–water partition coefficient (Wildman–Crippen LogP) is 7.99. The summed E-state index contributed by atoms with van der Waals surface area (Å²) in [6, 6.07) is 33.0. The van der Waals surface area contributed by atoms with E-state index in [9.17, 15) is 0 Å². The summed E-state index contributed by atoms with van der Waals surface area (Å²) in [5, 5.41) is 8.64. The minimum Gasteiger partial charge on any atom is -0.494 e. The molecule has 4 aromatic carbocycles. The third kappa shape index (κ3) is 4.34. The quantitative estimate of drug-likeness (QED) is 0.240. The fourth-order valence-electron chi connectivity index (χ4n) is 5.86. The summed E-state index contributed by atoms with van der Waals surface area (Å²) in [6.07, 6.45) is 0. The second kappa shape index (κ2) is 10.3. The van der Waals surface area contributed by atoms with Gasteiger partial charge in [0.15, 0.2) is 17.5 Å². The SMILES string of the molecule is CCOc1ccc([C@H]2c3c(C)nn(-c4ccccc4)c3N=C3C(=Nc4ccc(C)cc4C)Nc4ccccc4N32)cc1. The first-order chi connectivity index (χ1) is 20.5. The summed E-state index contributed by atoms with van der Waals surface area (Å²) in [4.78, 5) is 12.8. The Balaban J connectivity index is 1.50. The highest BCUT2D eigenvalue weighted by Crippen LogP contribution is 2.48. The maximum atomic E-state index is 5.79. The summed E-state index contributed by atoms with van der Waals surface area (Å²) in [5.74, 6) is 3.09. The van der Waals surface area contributed by atoms with E-state index in [1.165, 1.54) is 5.56 Å². The van der Waals surface area contributed by atoms with Crippen molar-refractivity contribution in [3.63, 3.8) is 0 Å². The Morgan fingerprint density at radius 3 is 2.40 bits per heavy atom. The van der Waals surface area contributed by atoms with E-state index in [0.717, 1.165) is 62.5 Å². The zero-order valence-corrected chi connectivity index (χ0v) is 24.2. The van der Waals surface area contributed by atoms with Crippen LogP contribution in [0, 0.1) is 20.8 Å². The Labute approximate surface area is 245 Å². The molecule has 0 fully saturated rings. The van der Waals surface area contributed by atoms with Crippen LogP contribution in [0.15, 0.2) is 107 Å². The first kappa shape index (κ1) is 25.8. The van der Waals surface area contributed by atoms with Gasteiger partial charge in [-0.15, -0.1) is 0 Å². The number of aliphatic imine (C=N–C) groups is 2. The molecule has 7 heteroatoms. The zero-order valence-electron chi connectivity index (χ0n) is 24.2. The molecule has 1 aromatic heterocycles. The van der Waals surface area contributed by atoms with E-state index < -0.39 is 0 Å². The molecule has 7 rings (SSSR count). The Morgan fingerprint density at radius 1 is 0.881 bits per heavy atom. The van der Waals surface area contributed by atoms with Crippen molar-refractivity contribution in [1.82, 2.24) is 9.78 Å². The summed E-state index contributed by atoms with van der Waals surface area (Å²) in [7, 11) is 0. The van der Waals surface area contributed by atoms with Gasteiger partial charge in [-0.2, -0.15) is 5.10 Å². The van der Waals surface area contributed by atoms with Gasteiger partial charge in [0.25, 0.3) is 0 Å². The van der Waals surface area contributed by atoms with Crippen molar-refractivity contribution in [2.45, 2.75) is 33.7 Å². The van der Waals surface area contributed by atoms with Gasteiger partial charge in [-0.25, -0.2) is 14.7 Å². The number of para-hydroxylation sites is 3. The number of nitrogens with zero attached hydrogens (tertiary/aromatic N) is 5. The first-order valence-corrected chi connectivity index (χ1v) is 14.3. The fraction of sp³-hybridized carbons (Fsp3) is 0.171. The fourth-order valence-corrected chi connectivity index (χ4v) is 5.86. The molecule has 0 unspecified atom stereocenters. The van der Waals surface area contributed by atoms with Gasteiger partial charge in [-0.1, -0.05) is 60.2 Å². The highest BCUT2D eigenvalue weighted by atomic mass is 16.5. The molecule has 0 spiro atoms. The van der Waals surface area contributed by atoms with Gasteiger partial charge >= 0.3 is 0 Å². The van der Waals surface area contributed by atoms with Crippen molar-refractivity contribution in [1.29, 1.82) is 0 Å². The highest BCUT2D eigenvalue weighted by Gasteiger charge is 2.41. The molecular weight excluding hydrogens is 520 g/mol. The average Bonchev–Trinajstić information content (AvgIpc) is 3.34. The number of hydrogen-bond acceptors (Lipinski definition) is 5. The monoisotopic (exact) mass is 552 g/mol. The van der Waals surface area contributed by atoms with Gasteiger partial charge in [0.1, 0.15) is 5.75 Å². The van der Waals surface area contributed by atoms with Crippen molar-refractivity contribution < 1.29 is 4.74 Å². The van der Waals surface area contributed by atoms with E-state index in [4.69, 9.17) is 19.8 Å². The van der Waals surface area contributed by atoms with Crippen LogP contribution in [0.25, 0.3) is 5.69 Å². The molecule has 0 bridgehead atoms. The van der Waals surface area contributed by atoms with Crippen molar-refractivity contribution in [3.05, 3.63) is 125 Å². The second-order valence-corrected chi connectivity index (χ2v) is 10.7. The molecule has 1 atom stereocenters. The van der Waals surface area contributed by atoms with Gasteiger partial charge in [-0.05, 0) is 81.3 Å². The molecule has 7 nitrogen and oxygen atoms in total. The molecule has 0 aliphatic carbocycles. The smallest absolute Gasteiger partial charge is 0.179 e. The molecule has 0 amide bonds. The number of aromatic nitrogens is 2. The van der Waals surface area contributed by atoms with E-state index in [-0.39, 0.29) is 6.04 Å². The Morgan fingerprint density at radius 2 is 1.64 bits per heavy atom. The van der Waals surface area contributed by atoms with Crippen LogP contribution >= 0.6 is 0 Å². The van der Waals surface area contributed by atoms with E-state index >= 15 is 0 Å². The van der Waals surface area contributed by atoms with Crippen molar-refractivity contribution >= 4 is 34.6 Å². The van der Waals surface area contributed by atoms with Crippen LogP contribution in [0.2, 0.25) is 0 Å². The average molecular weight is 553 g/mol. The van der Waals surface area contributed by atoms with E-state index in [0.29, 0.717) is 12.4 Å². The lowest BCUT2D eigenvalue weighted by atomic mass is 9.93. The number of amidine groups is 2. The summed E-state index contributed by atoms with van der Waals surface area (Å²) < 4.78 is 7.74. The van der Waals surface area contributed by atoms with Gasteiger partial charge in [0.05, 0.1) is 41.1 Å². The number of ether oxygens (including phenoxy) is 1. The molecule has 208 valence electrons. The first-order valence-electron chi connectivity index (χ1n) is 14.3. The van der Waals surface area contributed by atoms with Crippen molar-refractivity contribution in [3.8, 4) is 11.4 Å². The lowest BCUT2D eigenvalue weighted by Gasteiger charge is -2.42. The molecule has 0 radical (unpaired) electrons. The molecule has 5 aromatic rings. The minimum absolute atomic E-state index is 0.187. The summed E-state index contributed by atoms with van der Waals surface area (Å²) in [6.45, 7) is 8.88. The lowest BCUT2D eigenvalue weighted by molar-refractivity contribution is 0.340. The van der Waals surface area contributed by atoms with E-state index in [1.54, 1.807) is 0 Å². The van der Waals surface area contributed by atoms with Crippen molar-refractivity contribution in [2.75, 3.05) is 16.8 Å². The van der Waals surface area contributed by atoms with Gasteiger partial charge < -0.3 is 15.0 Å². The van der Waals surface area contributed by atoms with Crippen LogP contribution in [0.5, 0.6) is 5.75 Å². The molecule has 0 saturated carbocycles. The maximum absolute atomic E-state index is 5.79. The van der Waals surface area contributed by atoms with Crippen LogP contribution in [0.3, 0.4) is 0 Å². The summed E-state index contributed by atoms with van der Waals surface area (Å²) >= 11 is 0. The number of benzene rings is 4. The molecular formula is C35H32N6O. The Bertz CT molecular complexity index is 1850. The number of nitrogens with one attached hydrogen (secondary N) is 1. The van der Waals surface area contributed by atoms with E-state index in [2.05, 4.69) is 91.7 Å². The molecule has 3 heterocycles. The van der Waals surface area contributed by atoms with Gasteiger partial charge in [-0.3, -0.25) is 0 Å². The van der Waals surface area contributed by atoms with Crippen LogP contribution in [-0.2, 0) is 0 Å². The molecule has 0 saturated heterocycles. The third-order valence-electron chi connectivity index (χ3n) is 7.77. The van der Waals surface area contributed by atoms with Gasteiger partial charge in [0, 0.05) is 5.56 Å². The second-order valence-electron chi connectivity index (χ2n) is 10.7. The highest BCUT2D eigenvalue weighted by molar-refractivity contribution is 6.52. The topological polar surface area (TPSA) is 67.0 Å². The molecule has 42 heavy (non-hydrogen) atoms. The lowest BCUT2D eigenvalue weighted by Crippen LogP contribution is -2.48. The standard InChI is InChI=1S/C35H32N6O/c1-5-42-27-18-16-25(17-19-27)32-31-24(4)39-41(26-11-7-6-8-12-26)34(31)38-35-33(36-28-20-15-22(2)21-23(28)3)37-29-13-9-10-14-30(29)40(32)35/h6-21,32H,5H2,1-4H3,(H,36,37)/t32-/m0/s1. The van der Waals surface area contributed by atoms with Gasteiger partial charge in [0.2, 0.25) is 0 Å². The van der Waals surface area contributed by atoms with Crippen LogP contribution < -0.4 is 15.0 Å². The number of aryl methyl sites for hydroxylation is 3. The third-order valence-corrected chi connectivity index (χ3v) is 7.77. The number of anilines is 2. The molecule has 1 N–H and O–H groups in total. The number of rotatable bonds is 5. The number of fused-ring (bicyclic) bond motifs is 4. The largest absolute Gasteiger partial charge is 0.494 e. The van der Waals surface area contributed by atoms with Crippen LogP contribution in [0.4, 0.5) is 22.9 Å². The number of hydrogen-bond donors (Lipinski definition) is 1. The Hall–Kier alpha value is -5.17. The van der Waals surface area contributed by atoms with Crippen LogP contribution in [-0.4, -0.2) is 28.1 Å². The molecule has 2 aliphatic heterocycles.